The van der Waals surface area contributed by atoms with Gasteiger partial charge in [-0.1, -0.05) is 18.0 Å². The maximum absolute atomic E-state index is 11.2. The zero-order valence-corrected chi connectivity index (χ0v) is 8.29. The highest BCUT2D eigenvalue weighted by atomic mass is 35.5. The molecule has 0 amide bonds. The average molecular weight is 212 g/mol. The van der Waals surface area contributed by atoms with E-state index in [0.29, 0.717) is 23.4 Å². The van der Waals surface area contributed by atoms with E-state index >= 15 is 0 Å². The second-order valence-electron chi connectivity index (χ2n) is 3.60. The standard InChI is InChI=1S/C10H10ClNO2/c11-8-6-12-5-2-7(8)10(9(13)14)3-1-4-10/h2,5-6H,1,3-4H2,(H,13,14). The lowest BCUT2D eigenvalue weighted by molar-refractivity contribution is -0.147. The van der Waals surface area contributed by atoms with Gasteiger partial charge in [-0.3, -0.25) is 9.78 Å². The van der Waals surface area contributed by atoms with E-state index in [1.165, 1.54) is 6.20 Å². The summed E-state index contributed by atoms with van der Waals surface area (Å²) in [6.45, 7) is 0. The third kappa shape index (κ3) is 1.20. The van der Waals surface area contributed by atoms with Crippen LogP contribution in [0, 0.1) is 0 Å². The van der Waals surface area contributed by atoms with Gasteiger partial charge in [0.2, 0.25) is 0 Å². The Labute approximate surface area is 86.7 Å². The number of aromatic nitrogens is 1. The molecule has 0 unspecified atom stereocenters. The van der Waals surface area contributed by atoms with Crippen molar-refractivity contribution in [3.8, 4) is 0 Å². The number of nitrogens with zero attached hydrogens (tertiary/aromatic N) is 1. The lowest BCUT2D eigenvalue weighted by Gasteiger charge is -2.38. The van der Waals surface area contributed by atoms with Gasteiger partial charge in [-0.25, -0.2) is 0 Å². The van der Waals surface area contributed by atoms with Crippen molar-refractivity contribution < 1.29 is 9.90 Å². The molecule has 0 atom stereocenters. The van der Waals surface area contributed by atoms with Crippen molar-refractivity contribution >= 4 is 17.6 Å². The first-order chi connectivity index (χ1) is 6.67. The Hall–Kier alpha value is -1.09. The topological polar surface area (TPSA) is 50.2 Å². The molecule has 0 radical (unpaired) electrons. The van der Waals surface area contributed by atoms with Crippen LogP contribution in [0.2, 0.25) is 5.02 Å². The summed E-state index contributed by atoms with van der Waals surface area (Å²) in [4.78, 5) is 15.0. The van der Waals surface area contributed by atoms with Gasteiger partial charge in [-0.2, -0.15) is 0 Å². The Balaban J connectivity index is 2.47. The van der Waals surface area contributed by atoms with Crippen LogP contribution in [0.15, 0.2) is 18.5 Å². The van der Waals surface area contributed by atoms with Crippen LogP contribution < -0.4 is 0 Å². The number of aliphatic carboxylic acids is 1. The van der Waals surface area contributed by atoms with E-state index in [4.69, 9.17) is 11.6 Å². The summed E-state index contributed by atoms with van der Waals surface area (Å²) < 4.78 is 0. The Morgan fingerprint density at radius 1 is 1.57 bits per heavy atom. The molecule has 0 spiro atoms. The number of carboxylic acid groups (broad SMARTS) is 1. The molecule has 1 aromatic rings. The number of pyridine rings is 1. The number of hydrogen-bond acceptors (Lipinski definition) is 2. The van der Waals surface area contributed by atoms with Crippen molar-refractivity contribution in [1.82, 2.24) is 4.98 Å². The molecule has 74 valence electrons. The monoisotopic (exact) mass is 211 g/mol. The van der Waals surface area contributed by atoms with Gasteiger partial charge in [0.25, 0.3) is 0 Å². The van der Waals surface area contributed by atoms with Crippen LogP contribution in [0.25, 0.3) is 0 Å². The minimum Gasteiger partial charge on any atom is -0.481 e. The molecule has 1 aliphatic carbocycles. The van der Waals surface area contributed by atoms with E-state index < -0.39 is 11.4 Å². The molecule has 1 aliphatic rings. The zero-order valence-electron chi connectivity index (χ0n) is 7.53. The molecule has 0 aromatic carbocycles. The van der Waals surface area contributed by atoms with Gasteiger partial charge in [-0.05, 0) is 24.5 Å². The van der Waals surface area contributed by atoms with Gasteiger partial charge >= 0.3 is 5.97 Å². The van der Waals surface area contributed by atoms with Crippen LogP contribution >= 0.6 is 11.6 Å². The van der Waals surface area contributed by atoms with Crippen molar-refractivity contribution in [3.05, 3.63) is 29.0 Å². The predicted octanol–water partition coefficient (Wildman–Crippen LogP) is 2.24. The van der Waals surface area contributed by atoms with Crippen molar-refractivity contribution in [2.75, 3.05) is 0 Å². The molecule has 14 heavy (non-hydrogen) atoms. The third-order valence-corrected chi connectivity index (χ3v) is 3.21. The average Bonchev–Trinajstić information content (AvgIpc) is 2.05. The number of hydrogen-bond donors (Lipinski definition) is 1. The first kappa shape index (κ1) is 9.46. The lowest BCUT2D eigenvalue weighted by atomic mass is 9.64. The molecular formula is C10H10ClNO2. The minimum atomic E-state index is -0.781. The fourth-order valence-corrected chi connectivity index (χ4v) is 2.19. The Kier molecular flexibility index (Phi) is 2.19. The molecule has 3 nitrogen and oxygen atoms in total. The lowest BCUT2D eigenvalue weighted by Crippen LogP contribution is -2.42. The third-order valence-electron chi connectivity index (χ3n) is 2.90. The van der Waals surface area contributed by atoms with E-state index in [2.05, 4.69) is 4.98 Å². The molecule has 2 rings (SSSR count). The van der Waals surface area contributed by atoms with E-state index in [1.807, 2.05) is 0 Å². The van der Waals surface area contributed by atoms with Crippen LogP contribution in [0.4, 0.5) is 0 Å². The Bertz CT molecular complexity index is 374. The van der Waals surface area contributed by atoms with Gasteiger partial charge in [0.05, 0.1) is 10.4 Å². The van der Waals surface area contributed by atoms with Crippen molar-refractivity contribution in [1.29, 1.82) is 0 Å². The summed E-state index contributed by atoms with van der Waals surface area (Å²) >= 11 is 5.94. The number of carboxylic acids is 1. The van der Waals surface area contributed by atoms with E-state index in [9.17, 15) is 9.90 Å². The largest absolute Gasteiger partial charge is 0.481 e. The second kappa shape index (κ2) is 3.24. The van der Waals surface area contributed by atoms with Crippen LogP contribution in [0.1, 0.15) is 24.8 Å². The van der Waals surface area contributed by atoms with Crippen LogP contribution in [0.3, 0.4) is 0 Å². The highest BCUT2D eigenvalue weighted by Crippen LogP contribution is 2.46. The molecule has 0 saturated heterocycles. The van der Waals surface area contributed by atoms with E-state index in [-0.39, 0.29) is 0 Å². The number of rotatable bonds is 2. The first-order valence-corrected chi connectivity index (χ1v) is 4.88. The normalized spacial score (nSPS) is 18.6. The minimum absolute atomic E-state index is 0.453. The number of carbonyl (C=O) groups is 1. The summed E-state index contributed by atoms with van der Waals surface area (Å²) in [5, 5.41) is 9.64. The van der Waals surface area contributed by atoms with Crippen molar-refractivity contribution in [2.24, 2.45) is 0 Å². The summed E-state index contributed by atoms with van der Waals surface area (Å²) in [7, 11) is 0. The molecule has 1 aromatic heterocycles. The SMILES string of the molecule is O=C(O)C1(c2ccncc2Cl)CCC1. The van der Waals surface area contributed by atoms with E-state index in [0.717, 1.165) is 6.42 Å². The van der Waals surface area contributed by atoms with Crippen LogP contribution in [-0.2, 0) is 10.2 Å². The quantitative estimate of drug-likeness (QED) is 0.816. The maximum Gasteiger partial charge on any atom is 0.314 e. The van der Waals surface area contributed by atoms with Gasteiger partial charge in [0, 0.05) is 12.4 Å². The van der Waals surface area contributed by atoms with Crippen molar-refractivity contribution in [2.45, 2.75) is 24.7 Å². The summed E-state index contributed by atoms with van der Waals surface area (Å²) in [5.41, 5.74) is -0.0482. The van der Waals surface area contributed by atoms with Gasteiger partial charge in [0.15, 0.2) is 0 Å². The summed E-state index contributed by atoms with van der Waals surface area (Å²) in [6.07, 6.45) is 5.38. The molecular weight excluding hydrogens is 202 g/mol. The smallest absolute Gasteiger partial charge is 0.314 e. The zero-order chi connectivity index (χ0) is 10.2. The molecule has 1 N–H and O–H groups in total. The molecule has 1 saturated carbocycles. The predicted molar refractivity (Wildman–Crippen MR) is 52.4 cm³/mol. The Morgan fingerprint density at radius 2 is 2.29 bits per heavy atom. The van der Waals surface area contributed by atoms with E-state index in [1.54, 1.807) is 12.3 Å². The van der Waals surface area contributed by atoms with Crippen LogP contribution in [-0.4, -0.2) is 16.1 Å². The van der Waals surface area contributed by atoms with Gasteiger partial charge < -0.3 is 5.11 Å². The van der Waals surface area contributed by atoms with Gasteiger partial charge in [0.1, 0.15) is 0 Å². The summed E-state index contributed by atoms with van der Waals surface area (Å²) in [6, 6.07) is 1.70. The highest BCUT2D eigenvalue weighted by molar-refractivity contribution is 6.31. The fraction of sp³-hybridized carbons (Fsp3) is 0.400. The second-order valence-corrected chi connectivity index (χ2v) is 4.00. The highest BCUT2D eigenvalue weighted by Gasteiger charge is 2.47. The molecule has 0 aliphatic heterocycles. The molecule has 1 fully saturated rings. The van der Waals surface area contributed by atoms with Crippen molar-refractivity contribution in [3.63, 3.8) is 0 Å². The summed E-state index contributed by atoms with van der Waals surface area (Å²) in [5.74, 6) is -0.781. The molecule has 4 heteroatoms. The Morgan fingerprint density at radius 3 is 2.71 bits per heavy atom. The molecule has 1 heterocycles. The fourth-order valence-electron chi connectivity index (χ4n) is 1.89. The first-order valence-electron chi connectivity index (χ1n) is 4.50. The van der Waals surface area contributed by atoms with Crippen LogP contribution in [0.5, 0.6) is 0 Å². The molecule has 0 bridgehead atoms. The van der Waals surface area contributed by atoms with Gasteiger partial charge in [-0.15, -0.1) is 0 Å². The number of halogens is 1. The maximum atomic E-state index is 11.2.